The molecule has 6 nitrogen and oxygen atoms in total. The first kappa shape index (κ1) is 12.1. The van der Waals surface area contributed by atoms with Crippen LogP contribution >= 0.6 is 11.6 Å². The SMILES string of the molecule is CC(C)(CCO)Nc1nc(Cl)nc2nc[nH]c12. The van der Waals surface area contributed by atoms with Crippen LogP contribution in [0.3, 0.4) is 0 Å². The lowest BCUT2D eigenvalue weighted by Gasteiger charge is -2.26. The lowest BCUT2D eigenvalue weighted by atomic mass is 10.0. The Balaban J connectivity index is 2.37. The van der Waals surface area contributed by atoms with Crippen molar-refractivity contribution in [2.45, 2.75) is 25.8 Å². The van der Waals surface area contributed by atoms with Crippen molar-refractivity contribution in [1.29, 1.82) is 0 Å². The van der Waals surface area contributed by atoms with E-state index in [-0.39, 0.29) is 17.4 Å². The highest BCUT2D eigenvalue weighted by atomic mass is 35.5. The van der Waals surface area contributed by atoms with Crippen LogP contribution in [-0.4, -0.2) is 37.2 Å². The van der Waals surface area contributed by atoms with Gasteiger partial charge in [0.05, 0.1) is 6.33 Å². The van der Waals surface area contributed by atoms with Gasteiger partial charge in [0.2, 0.25) is 5.28 Å². The number of aromatic amines is 1. The predicted molar refractivity (Wildman–Crippen MR) is 66.1 cm³/mol. The van der Waals surface area contributed by atoms with Gasteiger partial charge in [-0.25, -0.2) is 4.98 Å². The zero-order chi connectivity index (χ0) is 12.5. The van der Waals surface area contributed by atoms with Crippen molar-refractivity contribution < 1.29 is 5.11 Å². The normalized spacial score (nSPS) is 12.0. The molecule has 17 heavy (non-hydrogen) atoms. The largest absolute Gasteiger partial charge is 0.396 e. The quantitative estimate of drug-likeness (QED) is 0.722. The van der Waals surface area contributed by atoms with Gasteiger partial charge in [-0.05, 0) is 31.9 Å². The number of hydrogen-bond donors (Lipinski definition) is 3. The van der Waals surface area contributed by atoms with E-state index in [0.717, 1.165) is 0 Å². The predicted octanol–water partition coefficient (Wildman–Crippen LogP) is 1.58. The maximum atomic E-state index is 8.99. The van der Waals surface area contributed by atoms with Crippen LogP contribution in [0.15, 0.2) is 6.33 Å². The summed E-state index contributed by atoms with van der Waals surface area (Å²) in [6, 6.07) is 0. The van der Waals surface area contributed by atoms with E-state index in [4.69, 9.17) is 16.7 Å². The van der Waals surface area contributed by atoms with E-state index in [0.29, 0.717) is 23.4 Å². The van der Waals surface area contributed by atoms with E-state index >= 15 is 0 Å². The Morgan fingerprint density at radius 2 is 2.24 bits per heavy atom. The molecular formula is C10H14ClN5O. The van der Waals surface area contributed by atoms with Crippen LogP contribution in [0.1, 0.15) is 20.3 Å². The first-order chi connectivity index (χ1) is 8.02. The average molecular weight is 256 g/mol. The van der Waals surface area contributed by atoms with Crippen molar-refractivity contribution >= 4 is 28.6 Å². The van der Waals surface area contributed by atoms with Crippen LogP contribution < -0.4 is 5.32 Å². The third-order valence-electron chi connectivity index (χ3n) is 2.45. The highest BCUT2D eigenvalue weighted by Crippen LogP contribution is 2.23. The Kier molecular flexibility index (Phi) is 3.17. The van der Waals surface area contributed by atoms with Crippen molar-refractivity contribution in [3.05, 3.63) is 11.6 Å². The Labute approximate surface area is 103 Å². The molecule has 2 rings (SSSR count). The second kappa shape index (κ2) is 4.46. The topological polar surface area (TPSA) is 86.7 Å². The van der Waals surface area contributed by atoms with Gasteiger partial charge in [-0.2, -0.15) is 9.97 Å². The molecule has 2 aromatic rings. The van der Waals surface area contributed by atoms with E-state index in [1.165, 1.54) is 0 Å². The summed E-state index contributed by atoms with van der Waals surface area (Å²) < 4.78 is 0. The number of halogens is 1. The molecule has 0 aliphatic heterocycles. The van der Waals surface area contributed by atoms with Crippen molar-refractivity contribution in [1.82, 2.24) is 19.9 Å². The minimum Gasteiger partial charge on any atom is -0.396 e. The first-order valence-corrected chi connectivity index (χ1v) is 5.65. The Hall–Kier alpha value is -1.40. The molecule has 0 radical (unpaired) electrons. The molecule has 0 aliphatic carbocycles. The van der Waals surface area contributed by atoms with Crippen LogP contribution in [0.4, 0.5) is 5.82 Å². The molecule has 0 spiro atoms. The maximum Gasteiger partial charge on any atom is 0.226 e. The Morgan fingerprint density at radius 3 is 2.94 bits per heavy atom. The fourth-order valence-electron chi connectivity index (χ4n) is 1.56. The van der Waals surface area contributed by atoms with Crippen molar-refractivity contribution in [2.75, 3.05) is 11.9 Å². The molecule has 0 saturated carbocycles. The molecule has 0 saturated heterocycles. The standard InChI is InChI=1S/C10H14ClN5O/c1-10(2,3-4-17)16-8-6-7(13-5-12-6)14-9(11)15-8/h5,17H,3-4H2,1-2H3,(H2,12,13,14,15,16). The van der Waals surface area contributed by atoms with Crippen LogP contribution in [0.2, 0.25) is 5.28 Å². The second-order valence-electron chi connectivity index (χ2n) is 4.42. The number of aliphatic hydroxyl groups is 1. The van der Waals surface area contributed by atoms with Crippen LogP contribution in [-0.2, 0) is 0 Å². The zero-order valence-electron chi connectivity index (χ0n) is 9.66. The third kappa shape index (κ3) is 2.65. The van der Waals surface area contributed by atoms with Gasteiger partial charge in [0.1, 0.15) is 5.52 Å². The molecule has 3 N–H and O–H groups in total. The summed E-state index contributed by atoms with van der Waals surface area (Å²) in [5.74, 6) is 0.593. The number of imidazole rings is 1. The summed E-state index contributed by atoms with van der Waals surface area (Å²) in [6.07, 6.45) is 2.14. The average Bonchev–Trinajstić information content (AvgIpc) is 2.64. The minimum atomic E-state index is -0.287. The Bertz CT molecular complexity index is 524. The van der Waals surface area contributed by atoms with Crippen LogP contribution in [0, 0.1) is 0 Å². The van der Waals surface area contributed by atoms with Gasteiger partial charge in [-0.1, -0.05) is 0 Å². The minimum absolute atomic E-state index is 0.102. The molecule has 0 atom stereocenters. The second-order valence-corrected chi connectivity index (χ2v) is 4.76. The van der Waals surface area contributed by atoms with Gasteiger partial charge in [-0.15, -0.1) is 0 Å². The molecule has 0 fully saturated rings. The number of aliphatic hydroxyl groups excluding tert-OH is 1. The highest BCUT2D eigenvalue weighted by Gasteiger charge is 2.20. The fourth-order valence-corrected chi connectivity index (χ4v) is 1.72. The lowest BCUT2D eigenvalue weighted by molar-refractivity contribution is 0.260. The molecule has 7 heteroatoms. The summed E-state index contributed by atoms with van der Waals surface area (Å²) in [7, 11) is 0. The van der Waals surface area contributed by atoms with E-state index in [2.05, 4.69) is 25.3 Å². The summed E-state index contributed by atoms with van der Waals surface area (Å²) >= 11 is 5.82. The lowest BCUT2D eigenvalue weighted by Crippen LogP contribution is -2.32. The molecule has 0 amide bonds. The highest BCUT2D eigenvalue weighted by molar-refractivity contribution is 6.28. The van der Waals surface area contributed by atoms with Gasteiger partial charge < -0.3 is 15.4 Å². The number of H-pyrrole nitrogens is 1. The van der Waals surface area contributed by atoms with Crippen LogP contribution in [0.25, 0.3) is 11.2 Å². The van der Waals surface area contributed by atoms with Gasteiger partial charge in [0.15, 0.2) is 11.5 Å². The van der Waals surface area contributed by atoms with Crippen LogP contribution in [0.5, 0.6) is 0 Å². The number of rotatable bonds is 4. The van der Waals surface area contributed by atoms with Gasteiger partial charge in [0.25, 0.3) is 0 Å². The summed E-state index contributed by atoms with van der Waals surface area (Å²) in [5.41, 5.74) is 0.942. The number of nitrogens with zero attached hydrogens (tertiary/aromatic N) is 3. The number of anilines is 1. The zero-order valence-corrected chi connectivity index (χ0v) is 10.4. The molecule has 0 aliphatic rings. The molecule has 92 valence electrons. The summed E-state index contributed by atoms with van der Waals surface area (Å²) in [4.78, 5) is 15.1. The Morgan fingerprint density at radius 1 is 1.47 bits per heavy atom. The molecular weight excluding hydrogens is 242 g/mol. The maximum absolute atomic E-state index is 8.99. The number of hydrogen-bond acceptors (Lipinski definition) is 5. The molecule has 2 aromatic heterocycles. The van der Waals surface area contributed by atoms with Gasteiger partial charge in [0, 0.05) is 12.1 Å². The van der Waals surface area contributed by atoms with Crippen molar-refractivity contribution in [2.24, 2.45) is 0 Å². The number of aromatic nitrogens is 4. The number of fused-ring (bicyclic) bond motifs is 1. The monoisotopic (exact) mass is 255 g/mol. The van der Waals surface area contributed by atoms with Gasteiger partial charge >= 0.3 is 0 Å². The fraction of sp³-hybridized carbons (Fsp3) is 0.500. The molecule has 0 aromatic carbocycles. The van der Waals surface area contributed by atoms with E-state index in [1.54, 1.807) is 6.33 Å². The first-order valence-electron chi connectivity index (χ1n) is 5.27. The number of nitrogens with one attached hydrogen (secondary N) is 2. The van der Waals surface area contributed by atoms with Crippen molar-refractivity contribution in [3.8, 4) is 0 Å². The molecule has 2 heterocycles. The van der Waals surface area contributed by atoms with E-state index in [9.17, 15) is 0 Å². The summed E-state index contributed by atoms with van der Waals surface area (Å²) in [5, 5.41) is 12.4. The smallest absolute Gasteiger partial charge is 0.226 e. The van der Waals surface area contributed by atoms with Gasteiger partial charge in [-0.3, -0.25) is 0 Å². The summed E-state index contributed by atoms with van der Waals surface area (Å²) in [6.45, 7) is 4.05. The van der Waals surface area contributed by atoms with E-state index in [1.807, 2.05) is 13.8 Å². The molecule has 0 unspecified atom stereocenters. The molecule has 0 bridgehead atoms. The third-order valence-corrected chi connectivity index (χ3v) is 2.62. The van der Waals surface area contributed by atoms with Crippen molar-refractivity contribution in [3.63, 3.8) is 0 Å². The van der Waals surface area contributed by atoms with E-state index < -0.39 is 0 Å².